The summed E-state index contributed by atoms with van der Waals surface area (Å²) in [5.74, 6) is -0.961. The summed E-state index contributed by atoms with van der Waals surface area (Å²) in [6, 6.07) is 8.14. The number of nitrogens with one attached hydrogen (secondary N) is 1. The van der Waals surface area contributed by atoms with Crippen LogP contribution in [0.25, 0.3) is 10.9 Å². The molecule has 0 unspecified atom stereocenters. The van der Waals surface area contributed by atoms with E-state index in [4.69, 9.17) is 14.6 Å². The Labute approximate surface area is 235 Å². The summed E-state index contributed by atoms with van der Waals surface area (Å²) in [5.41, 5.74) is 0.0938. The number of methoxy groups -OCH3 is 1. The van der Waals surface area contributed by atoms with Gasteiger partial charge in [0.15, 0.2) is 18.1 Å². The predicted octanol–water partition coefficient (Wildman–Crippen LogP) is 2.81. The molecule has 0 bridgehead atoms. The van der Waals surface area contributed by atoms with E-state index < -0.39 is 42.5 Å². The minimum atomic E-state index is -4.71. The molecule has 1 fully saturated rings. The summed E-state index contributed by atoms with van der Waals surface area (Å²) in [7, 11) is 3.00. The molecule has 1 aliphatic rings. The summed E-state index contributed by atoms with van der Waals surface area (Å²) in [4.78, 5) is 40.3. The first-order valence-electron chi connectivity index (χ1n) is 12.4. The lowest BCUT2D eigenvalue weighted by atomic mass is 10.0. The Morgan fingerprint density at radius 2 is 1.82 bits per heavy atom. The second-order valence-electron chi connectivity index (χ2n) is 9.39. The number of hydrogen-bond acceptors (Lipinski definition) is 6. The Morgan fingerprint density at radius 1 is 1.18 bits per heavy atom. The van der Waals surface area contributed by atoms with E-state index in [0.717, 1.165) is 5.56 Å². The number of aliphatic hydroxyl groups excluding tert-OH is 1. The molecule has 0 aliphatic carbocycles. The van der Waals surface area contributed by atoms with Crippen molar-refractivity contribution in [2.75, 3.05) is 33.4 Å². The first-order valence-corrected chi connectivity index (χ1v) is 13.2. The second kappa shape index (κ2) is 11.9. The molecule has 2 amide bonds. The number of hydrogen-bond donors (Lipinski definition) is 2. The van der Waals surface area contributed by atoms with Crippen LogP contribution in [-0.2, 0) is 18.4 Å². The number of pyridine rings is 1. The Balaban J connectivity index is 1.72. The van der Waals surface area contributed by atoms with Crippen LogP contribution in [0, 0.1) is 0 Å². The van der Waals surface area contributed by atoms with Crippen molar-refractivity contribution < 1.29 is 37.3 Å². The fourth-order valence-corrected chi connectivity index (χ4v) is 5.21. The maximum atomic E-state index is 13.7. The number of benzene rings is 1. The van der Waals surface area contributed by atoms with Gasteiger partial charge < -0.3 is 29.4 Å². The highest BCUT2D eigenvalue weighted by molar-refractivity contribution is 9.10. The highest BCUT2D eigenvalue weighted by Gasteiger charge is 2.33. The van der Waals surface area contributed by atoms with Crippen LogP contribution in [0.5, 0.6) is 11.5 Å². The first-order chi connectivity index (χ1) is 18.9. The number of piperidine rings is 1. The number of nitrogens with zero attached hydrogens (tertiary/aromatic N) is 3. The van der Waals surface area contributed by atoms with Crippen LogP contribution < -0.4 is 20.3 Å². The molecule has 216 valence electrons. The van der Waals surface area contributed by atoms with Gasteiger partial charge in [-0.3, -0.25) is 19.0 Å². The molecule has 1 aromatic carbocycles. The van der Waals surface area contributed by atoms with Crippen molar-refractivity contribution in [1.82, 2.24) is 19.4 Å². The largest absolute Gasteiger partial charge is 0.497 e. The summed E-state index contributed by atoms with van der Waals surface area (Å²) in [6.45, 7) is -1.60. The lowest BCUT2D eigenvalue weighted by molar-refractivity contribution is -0.153. The number of rotatable bonds is 8. The Hall–Kier alpha value is -3.52. The molecule has 3 heterocycles. The van der Waals surface area contributed by atoms with Gasteiger partial charge in [0, 0.05) is 26.2 Å². The van der Waals surface area contributed by atoms with E-state index in [2.05, 4.69) is 21.2 Å². The van der Waals surface area contributed by atoms with Gasteiger partial charge in [0.25, 0.3) is 11.5 Å². The number of carbonyl (C=O) groups excluding carboxylic acids is 2. The van der Waals surface area contributed by atoms with Crippen molar-refractivity contribution in [2.45, 2.75) is 31.6 Å². The average Bonchev–Trinajstić information content (AvgIpc) is 3.20. The Kier molecular flexibility index (Phi) is 8.78. The molecule has 0 radical (unpaired) electrons. The van der Waals surface area contributed by atoms with Crippen molar-refractivity contribution in [3.05, 3.63) is 56.5 Å². The third-order valence-corrected chi connectivity index (χ3v) is 7.44. The molecule has 1 aliphatic heterocycles. The van der Waals surface area contributed by atoms with Crippen LogP contribution in [0.4, 0.5) is 13.2 Å². The van der Waals surface area contributed by atoms with Crippen LogP contribution in [0.3, 0.4) is 0 Å². The highest BCUT2D eigenvalue weighted by atomic mass is 79.9. The molecule has 2 aromatic heterocycles. The van der Waals surface area contributed by atoms with E-state index in [1.165, 1.54) is 28.2 Å². The van der Waals surface area contributed by atoms with E-state index in [1.54, 1.807) is 30.3 Å². The zero-order chi connectivity index (χ0) is 29.2. The van der Waals surface area contributed by atoms with Crippen molar-refractivity contribution >= 4 is 38.6 Å². The second-order valence-corrected chi connectivity index (χ2v) is 10.2. The normalized spacial score (nSPS) is 14.4. The van der Waals surface area contributed by atoms with E-state index in [9.17, 15) is 27.6 Å². The number of carbonyl (C=O) groups is 2. The summed E-state index contributed by atoms with van der Waals surface area (Å²) in [5, 5.41) is 11.7. The number of halogens is 4. The van der Waals surface area contributed by atoms with Gasteiger partial charge in [-0.05, 0) is 52.5 Å². The third-order valence-electron chi connectivity index (χ3n) is 6.78. The standard InChI is InChI=1S/C26H28BrF3N4O6/c1-32-18-11-19(27)34(12-15-3-5-17(39-2)6-4-15)25(38)21(18)23(40-14-26(28,29)30)22(32)24(37)31-16-7-9-33(10-8-16)20(36)13-35/h3-6,11,16,35H,7-10,12-14H2,1-2H3,(H,31,37). The highest BCUT2D eigenvalue weighted by Crippen LogP contribution is 2.34. The van der Waals surface area contributed by atoms with Gasteiger partial charge in [0.1, 0.15) is 17.7 Å². The number of likely N-dealkylation sites (tertiary alicyclic amines) is 1. The SMILES string of the molecule is COc1ccc(Cn2c(Br)cc3c(c(OCC(F)(F)F)c(C(=O)NC4CCN(C(=O)CO)CC4)n3C)c2=O)cc1. The Morgan fingerprint density at radius 3 is 2.40 bits per heavy atom. The van der Waals surface area contributed by atoms with Gasteiger partial charge in [0.05, 0.1) is 23.8 Å². The number of ether oxygens (including phenoxy) is 2. The number of aromatic nitrogens is 2. The van der Waals surface area contributed by atoms with Gasteiger partial charge in [-0.1, -0.05) is 12.1 Å². The summed E-state index contributed by atoms with van der Waals surface area (Å²) < 4.78 is 52.9. The van der Waals surface area contributed by atoms with Gasteiger partial charge in [-0.2, -0.15) is 13.2 Å². The molecular formula is C26H28BrF3N4O6. The zero-order valence-corrected chi connectivity index (χ0v) is 23.3. The molecule has 10 nitrogen and oxygen atoms in total. The van der Waals surface area contributed by atoms with Crippen LogP contribution >= 0.6 is 15.9 Å². The maximum Gasteiger partial charge on any atom is 0.422 e. The maximum absolute atomic E-state index is 13.7. The molecule has 0 spiro atoms. The molecule has 0 atom stereocenters. The topological polar surface area (TPSA) is 115 Å². The van der Waals surface area contributed by atoms with Crippen LogP contribution in [0.1, 0.15) is 28.9 Å². The minimum Gasteiger partial charge on any atom is -0.497 e. The van der Waals surface area contributed by atoms with E-state index in [1.807, 2.05) is 0 Å². The summed E-state index contributed by atoms with van der Waals surface area (Å²) in [6.07, 6.45) is -3.93. The van der Waals surface area contributed by atoms with E-state index in [-0.39, 0.29) is 29.2 Å². The van der Waals surface area contributed by atoms with Crippen LogP contribution in [0.2, 0.25) is 0 Å². The van der Waals surface area contributed by atoms with Crippen LogP contribution in [-0.4, -0.2) is 76.6 Å². The number of alkyl halides is 3. The molecule has 14 heteroatoms. The zero-order valence-electron chi connectivity index (χ0n) is 21.8. The smallest absolute Gasteiger partial charge is 0.422 e. The summed E-state index contributed by atoms with van der Waals surface area (Å²) >= 11 is 3.39. The molecule has 1 saturated heterocycles. The Bertz CT molecular complexity index is 1460. The molecule has 3 aromatic rings. The van der Waals surface area contributed by atoms with Crippen molar-refractivity contribution in [3.8, 4) is 11.5 Å². The third kappa shape index (κ3) is 6.28. The van der Waals surface area contributed by atoms with Gasteiger partial charge >= 0.3 is 6.18 Å². The number of aliphatic hydroxyl groups is 1. The minimum absolute atomic E-state index is 0.0968. The fraction of sp³-hybridized carbons (Fsp3) is 0.423. The van der Waals surface area contributed by atoms with Gasteiger partial charge in [-0.25, -0.2) is 0 Å². The quantitative estimate of drug-likeness (QED) is 0.371. The fourth-order valence-electron chi connectivity index (χ4n) is 4.71. The van der Waals surface area contributed by atoms with Crippen molar-refractivity contribution in [2.24, 2.45) is 7.05 Å². The van der Waals surface area contributed by atoms with E-state index in [0.29, 0.717) is 36.3 Å². The monoisotopic (exact) mass is 628 g/mol. The van der Waals surface area contributed by atoms with Crippen molar-refractivity contribution in [3.63, 3.8) is 0 Å². The molecule has 40 heavy (non-hydrogen) atoms. The lowest BCUT2D eigenvalue weighted by Gasteiger charge is -2.32. The molecule has 2 N–H and O–H groups in total. The first kappa shape index (κ1) is 29.5. The predicted molar refractivity (Wildman–Crippen MR) is 143 cm³/mol. The number of amides is 2. The van der Waals surface area contributed by atoms with E-state index >= 15 is 0 Å². The van der Waals surface area contributed by atoms with Gasteiger partial charge in [0.2, 0.25) is 5.91 Å². The lowest BCUT2D eigenvalue weighted by Crippen LogP contribution is -2.47. The number of aryl methyl sites for hydroxylation is 1. The number of fused-ring (bicyclic) bond motifs is 1. The van der Waals surface area contributed by atoms with Gasteiger partial charge in [-0.15, -0.1) is 0 Å². The molecular weight excluding hydrogens is 601 g/mol. The molecule has 0 saturated carbocycles. The van der Waals surface area contributed by atoms with Crippen molar-refractivity contribution in [1.29, 1.82) is 0 Å². The van der Waals surface area contributed by atoms with Crippen LogP contribution in [0.15, 0.2) is 39.7 Å². The average molecular weight is 629 g/mol. The molecule has 4 rings (SSSR count).